The molecule has 2 heterocycles. The highest BCUT2D eigenvalue weighted by atomic mass is 16.5. The lowest BCUT2D eigenvalue weighted by molar-refractivity contribution is -0.193. The lowest BCUT2D eigenvalue weighted by Crippen LogP contribution is -2.70. The van der Waals surface area contributed by atoms with Crippen molar-refractivity contribution in [1.29, 1.82) is 0 Å². The first-order valence-electron chi connectivity index (χ1n) is 4.80. The first kappa shape index (κ1) is 10.6. The number of aliphatic hydroxyl groups is 3. The smallest absolute Gasteiger partial charge is 0.315 e. The zero-order valence-electron chi connectivity index (χ0n) is 7.96. The van der Waals surface area contributed by atoms with Gasteiger partial charge in [-0.1, -0.05) is 0 Å². The van der Waals surface area contributed by atoms with Crippen LogP contribution in [0.4, 0.5) is 4.79 Å². The van der Waals surface area contributed by atoms with Crippen LogP contribution in [-0.4, -0.2) is 65.0 Å². The van der Waals surface area contributed by atoms with Crippen molar-refractivity contribution in [2.24, 2.45) is 0 Å². The van der Waals surface area contributed by atoms with Gasteiger partial charge in [0.05, 0.1) is 18.8 Å². The number of urea groups is 1. The fourth-order valence-electron chi connectivity index (χ4n) is 1.94. The lowest BCUT2D eigenvalue weighted by Gasteiger charge is -2.44. The molecule has 7 heteroatoms. The minimum absolute atomic E-state index is 0.261. The largest absolute Gasteiger partial charge is 0.394 e. The average molecular weight is 218 g/mol. The number of aliphatic hydroxyl groups excluding tert-OH is 3. The molecule has 2 amide bonds. The minimum atomic E-state index is -1.19. The molecular weight excluding hydrogens is 204 g/mol. The van der Waals surface area contributed by atoms with Crippen molar-refractivity contribution in [3.05, 3.63) is 0 Å². The summed E-state index contributed by atoms with van der Waals surface area (Å²) < 4.78 is 5.33. The highest BCUT2D eigenvalue weighted by molar-refractivity contribution is 5.75. The lowest BCUT2D eigenvalue weighted by atomic mass is 9.92. The van der Waals surface area contributed by atoms with Crippen LogP contribution in [0.15, 0.2) is 0 Å². The molecule has 2 aliphatic heterocycles. The summed E-state index contributed by atoms with van der Waals surface area (Å²) in [4.78, 5) is 11.0. The monoisotopic (exact) mass is 218 g/mol. The number of fused-ring (bicyclic) bond motifs is 1. The van der Waals surface area contributed by atoms with Crippen LogP contribution < -0.4 is 10.6 Å². The molecule has 5 N–H and O–H groups in total. The van der Waals surface area contributed by atoms with Crippen LogP contribution >= 0.6 is 0 Å². The van der Waals surface area contributed by atoms with E-state index in [2.05, 4.69) is 10.6 Å². The van der Waals surface area contributed by atoms with Gasteiger partial charge in [0.1, 0.15) is 18.3 Å². The van der Waals surface area contributed by atoms with E-state index in [1.165, 1.54) is 0 Å². The van der Waals surface area contributed by atoms with Crippen LogP contribution in [0, 0.1) is 0 Å². The Morgan fingerprint density at radius 1 is 1.40 bits per heavy atom. The van der Waals surface area contributed by atoms with Crippen molar-refractivity contribution >= 4 is 6.03 Å². The molecule has 7 nitrogen and oxygen atoms in total. The van der Waals surface area contributed by atoms with Gasteiger partial charge in [0.15, 0.2) is 0 Å². The van der Waals surface area contributed by atoms with E-state index in [0.717, 1.165) is 0 Å². The molecule has 86 valence electrons. The number of carbonyl (C=O) groups is 1. The van der Waals surface area contributed by atoms with Crippen LogP contribution in [-0.2, 0) is 4.74 Å². The predicted octanol–water partition coefficient (Wildman–Crippen LogP) is -2.85. The summed E-state index contributed by atoms with van der Waals surface area (Å²) in [5.74, 6) is 0. The Kier molecular flexibility index (Phi) is 2.79. The molecular formula is C8H14N2O5. The van der Waals surface area contributed by atoms with E-state index < -0.39 is 36.5 Å². The fraction of sp³-hybridized carbons (Fsp3) is 0.875. The third kappa shape index (κ3) is 1.78. The molecule has 2 aliphatic rings. The maximum atomic E-state index is 11.0. The minimum Gasteiger partial charge on any atom is -0.394 e. The molecule has 15 heavy (non-hydrogen) atoms. The molecule has 5 atom stereocenters. The van der Waals surface area contributed by atoms with Crippen molar-refractivity contribution in [3.8, 4) is 0 Å². The van der Waals surface area contributed by atoms with E-state index in [9.17, 15) is 15.0 Å². The standard InChI is InChI=1S/C8H14N2O5/c11-2-4-6(12)7(13)5-3(15-4)1-9-8(14)10-5/h3-7,11-13H,1-2H2,(H2,9,10,14)/t3-,4?,5+,6?,7?/m0/s1. The van der Waals surface area contributed by atoms with Gasteiger partial charge in [-0.3, -0.25) is 0 Å². The van der Waals surface area contributed by atoms with Crippen LogP contribution in [0.1, 0.15) is 0 Å². The summed E-state index contributed by atoms with van der Waals surface area (Å²) >= 11 is 0. The molecule has 0 aromatic heterocycles. The molecule has 2 rings (SSSR count). The Labute approximate surface area is 86.0 Å². The zero-order valence-corrected chi connectivity index (χ0v) is 7.96. The van der Waals surface area contributed by atoms with Crippen molar-refractivity contribution in [2.45, 2.75) is 30.5 Å². The number of hydrogen-bond donors (Lipinski definition) is 5. The van der Waals surface area contributed by atoms with Crippen molar-refractivity contribution < 1.29 is 24.9 Å². The summed E-state index contributed by atoms with van der Waals surface area (Å²) in [6.07, 6.45) is -3.54. The number of ether oxygens (including phenoxy) is 1. The average Bonchev–Trinajstić information content (AvgIpc) is 2.24. The normalized spacial score (nSPS) is 45.3. The Hall–Kier alpha value is -0.890. The third-order valence-electron chi connectivity index (χ3n) is 2.79. The van der Waals surface area contributed by atoms with Crippen molar-refractivity contribution in [1.82, 2.24) is 10.6 Å². The zero-order chi connectivity index (χ0) is 11.0. The highest BCUT2D eigenvalue weighted by Gasteiger charge is 2.46. The topological polar surface area (TPSA) is 111 Å². The van der Waals surface area contributed by atoms with Gasteiger partial charge in [0.25, 0.3) is 0 Å². The molecule has 0 bridgehead atoms. The SMILES string of the molecule is O=C1NC[C@@H]2OC(CO)C(O)C(O)[C@@H]2N1. The molecule has 0 aromatic rings. The summed E-state index contributed by atoms with van der Waals surface area (Å²) in [7, 11) is 0. The second-order valence-electron chi connectivity index (χ2n) is 3.76. The molecule has 0 saturated carbocycles. The number of amides is 2. The van der Waals surface area contributed by atoms with E-state index in [4.69, 9.17) is 9.84 Å². The predicted molar refractivity (Wildman–Crippen MR) is 48.1 cm³/mol. The van der Waals surface area contributed by atoms with Crippen LogP contribution in [0.25, 0.3) is 0 Å². The van der Waals surface area contributed by atoms with E-state index >= 15 is 0 Å². The van der Waals surface area contributed by atoms with Gasteiger partial charge in [-0.2, -0.15) is 0 Å². The third-order valence-corrected chi connectivity index (χ3v) is 2.79. The number of nitrogens with one attached hydrogen (secondary N) is 2. The van der Waals surface area contributed by atoms with Crippen molar-refractivity contribution in [2.75, 3.05) is 13.2 Å². The second-order valence-corrected chi connectivity index (χ2v) is 3.76. The Morgan fingerprint density at radius 3 is 2.80 bits per heavy atom. The summed E-state index contributed by atoms with van der Waals surface area (Å²) in [6, 6.07) is -1.02. The van der Waals surface area contributed by atoms with Gasteiger partial charge >= 0.3 is 6.03 Å². The molecule has 0 aliphatic carbocycles. The van der Waals surface area contributed by atoms with E-state index in [-0.39, 0.29) is 13.2 Å². The molecule has 2 saturated heterocycles. The molecule has 0 radical (unpaired) electrons. The maximum absolute atomic E-state index is 11.0. The van der Waals surface area contributed by atoms with Crippen molar-refractivity contribution in [3.63, 3.8) is 0 Å². The second kappa shape index (κ2) is 3.93. The number of rotatable bonds is 1. The van der Waals surface area contributed by atoms with Crippen LogP contribution in [0.2, 0.25) is 0 Å². The summed E-state index contributed by atoms with van der Waals surface area (Å²) in [5.41, 5.74) is 0. The highest BCUT2D eigenvalue weighted by Crippen LogP contribution is 2.22. The molecule has 3 unspecified atom stereocenters. The van der Waals surface area contributed by atoms with Crippen LogP contribution in [0.5, 0.6) is 0 Å². The van der Waals surface area contributed by atoms with Gasteiger partial charge in [-0.25, -0.2) is 4.79 Å². The first-order valence-corrected chi connectivity index (χ1v) is 4.80. The van der Waals surface area contributed by atoms with Gasteiger partial charge in [0.2, 0.25) is 0 Å². The van der Waals surface area contributed by atoms with Gasteiger partial charge < -0.3 is 30.7 Å². The summed E-state index contributed by atoms with van der Waals surface area (Å²) in [5, 5.41) is 33.2. The van der Waals surface area contributed by atoms with E-state index in [1.807, 2.05) is 0 Å². The maximum Gasteiger partial charge on any atom is 0.315 e. The summed E-state index contributed by atoms with van der Waals surface area (Å²) in [6.45, 7) is -0.105. The fourth-order valence-corrected chi connectivity index (χ4v) is 1.94. The molecule has 0 aromatic carbocycles. The number of hydrogen-bond acceptors (Lipinski definition) is 5. The van der Waals surface area contributed by atoms with Gasteiger partial charge in [-0.05, 0) is 0 Å². The molecule has 2 fully saturated rings. The quantitative estimate of drug-likeness (QED) is 0.325. The molecule has 0 spiro atoms. The van der Waals surface area contributed by atoms with Gasteiger partial charge in [-0.15, -0.1) is 0 Å². The van der Waals surface area contributed by atoms with Gasteiger partial charge in [0, 0.05) is 6.54 Å². The van der Waals surface area contributed by atoms with Crippen LogP contribution in [0.3, 0.4) is 0 Å². The van der Waals surface area contributed by atoms with E-state index in [0.29, 0.717) is 0 Å². The number of carbonyl (C=O) groups excluding carboxylic acids is 1. The van der Waals surface area contributed by atoms with E-state index in [1.54, 1.807) is 0 Å². The Balaban J connectivity index is 2.11. The Bertz CT molecular complexity index is 259. The first-order chi connectivity index (χ1) is 7.13. The Morgan fingerprint density at radius 2 is 2.13 bits per heavy atom.